The summed E-state index contributed by atoms with van der Waals surface area (Å²) in [4.78, 5) is 0. The minimum atomic E-state index is 0.166. The Morgan fingerprint density at radius 1 is 1.15 bits per heavy atom. The average Bonchev–Trinajstić information content (AvgIpc) is 2.83. The van der Waals surface area contributed by atoms with Gasteiger partial charge in [0.05, 0.1) is 5.69 Å². The molecule has 0 unspecified atom stereocenters. The summed E-state index contributed by atoms with van der Waals surface area (Å²) >= 11 is 0. The van der Waals surface area contributed by atoms with Crippen molar-refractivity contribution in [3.8, 4) is 0 Å². The van der Waals surface area contributed by atoms with E-state index in [1.807, 2.05) is 0 Å². The summed E-state index contributed by atoms with van der Waals surface area (Å²) < 4.78 is 2.15. The van der Waals surface area contributed by atoms with Crippen molar-refractivity contribution >= 4 is 5.82 Å². The number of aryl methyl sites for hydroxylation is 2. The summed E-state index contributed by atoms with van der Waals surface area (Å²) in [5.41, 5.74) is 4.19. The second kappa shape index (κ2) is 4.37. The van der Waals surface area contributed by atoms with Gasteiger partial charge in [-0.1, -0.05) is 36.2 Å². The van der Waals surface area contributed by atoms with Crippen LogP contribution in [0.2, 0.25) is 0 Å². The molecule has 4 rings (SSSR count). The molecule has 1 fully saturated rings. The molecule has 0 saturated heterocycles. The molecular formula is C17H21N3. The lowest BCUT2D eigenvalue weighted by atomic mass is 9.62. The second-order valence-corrected chi connectivity index (χ2v) is 6.22. The lowest BCUT2D eigenvalue weighted by molar-refractivity contribution is 0.290. The Kier molecular flexibility index (Phi) is 2.62. The highest BCUT2D eigenvalue weighted by molar-refractivity contribution is 5.46. The number of hydrogen-bond donors (Lipinski definition) is 1. The van der Waals surface area contributed by atoms with E-state index in [-0.39, 0.29) is 5.41 Å². The van der Waals surface area contributed by atoms with Crippen LogP contribution in [0.1, 0.15) is 42.5 Å². The monoisotopic (exact) mass is 267 g/mol. The fourth-order valence-electron chi connectivity index (χ4n) is 3.50. The minimum absolute atomic E-state index is 0.166. The Morgan fingerprint density at radius 2 is 1.95 bits per heavy atom. The summed E-state index contributed by atoms with van der Waals surface area (Å²) in [6, 6.07) is 11.3. The van der Waals surface area contributed by atoms with E-state index in [2.05, 4.69) is 47.3 Å². The van der Waals surface area contributed by atoms with Crippen LogP contribution in [0.3, 0.4) is 0 Å². The van der Waals surface area contributed by atoms with Crippen LogP contribution in [-0.4, -0.2) is 16.3 Å². The lowest BCUT2D eigenvalue weighted by Crippen LogP contribution is -2.36. The van der Waals surface area contributed by atoms with Crippen molar-refractivity contribution < 1.29 is 0 Å². The van der Waals surface area contributed by atoms with Gasteiger partial charge in [0, 0.05) is 24.6 Å². The molecule has 1 aromatic carbocycles. The predicted octanol–water partition coefficient (Wildman–Crippen LogP) is 3.48. The van der Waals surface area contributed by atoms with Crippen molar-refractivity contribution in [1.82, 2.24) is 9.78 Å². The number of aromatic nitrogens is 2. The molecule has 0 amide bonds. The molecule has 0 spiro atoms. The van der Waals surface area contributed by atoms with Gasteiger partial charge in [0.1, 0.15) is 5.82 Å². The number of benzene rings is 1. The molecule has 2 aromatic rings. The maximum atomic E-state index is 4.90. The molecule has 1 aromatic heterocycles. The highest BCUT2D eigenvalue weighted by Crippen LogP contribution is 2.49. The van der Waals surface area contributed by atoms with Crippen molar-refractivity contribution in [2.45, 2.75) is 44.6 Å². The molecule has 0 atom stereocenters. The van der Waals surface area contributed by atoms with Gasteiger partial charge in [0.15, 0.2) is 0 Å². The quantitative estimate of drug-likeness (QED) is 0.903. The average molecular weight is 267 g/mol. The Bertz CT molecular complexity index is 597. The van der Waals surface area contributed by atoms with Crippen LogP contribution in [0, 0.1) is 6.92 Å². The largest absolute Gasteiger partial charge is 0.370 e. The maximum absolute atomic E-state index is 4.90. The number of fused-ring (bicyclic) bond motifs is 1. The Hall–Kier alpha value is -1.77. The van der Waals surface area contributed by atoms with Gasteiger partial charge in [-0.05, 0) is 31.7 Å². The van der Waals surface area contributed by atoms with Gasteiger partial charge in [-0.15, -0.1) is 0 Å². The van der Waals surface area contributed by atoms with E-state index in [0.29, 0.717) is 0 Å². The Morgan fingerprint density at radius 3 is 2.60 bits per heavy atom. The van der Waals surface area contributed by atoms with Gasteiger partial charge in [0.2, 0.25) is 0 Å². The molecule has 1 N–H and O–H groups in total. The predicted molar refractivity (Wildman–Crippen MR) is 81.1 cm³/mol. The molecular weight excluding hydrogens is 246 g/mol. The first-order chi connectivity index (χ1) is 9.78. The summed E-state index contributed by atoms with van der Waals surface area (Å²) in [5.74, 6) is 1.20. The third kappa shape index (κ3) is 1.69. The molecule has 1 aliphatic heterocycles. The van der Waals surface area contributed by atoms with E-state index in [0.717, 1.165) is 13.1 Å². The number of hydrogen-bond acceptors (Lipinski definition) is 2. The van der Waals surface area contributed by atoms with E-state index in [1.54, 1.807) is 0 Å². The summed E-state index contributed by atoms with van der Waals surface area (Å²) in [7, 11) is 0. The van der Waals surface area contributed by atoms with Crippen molar-refractivity contribution in [3.63, 3.8) is 0 Å². The highest BCUT2D eigenvalue weighted by atomic mass is 15.3. The lowest BCUT2D eigenvalue weighted by Gasteiger charge is -2.41. The van der Waals surface area contributed by atoms with E-state index in [9.17, 15) is 0 Å². The molecule has 1 saturated carbocycles. The van der Waals surface area contributed by atoms with E-state index < -0.39 is 0 Å². The molecule has 2 aliphatic rings. The van der Waals surface area contributed by atoms with Gasteiger partial charge in [0.25, 0.3) is 0 Å². The number of rotatable bonds is 2. The minimum Gasteiger partial charge on any atom is -0.370 e. The van der Waals surface area contributed by atoms with Crippen molar-refractivity contribution in [1.29, 1.82) is 0 Å². The van der Waals surface area contributed by atoms with Crippen LogP contribution >= 0.6 is 0 Å². The van der Waals surface area contributed by atoms with Gasteiger partial charge < -0.3 is 5.32 Å². The smallest absolute Gasteiger partial charge is 0.124 e. The fourth-order valence-corrected chi connectivity index (χ4v) is 3.50. The summed E-state index contributed by atoms with van der Waals surface area (Å²) in [6.07, 6.45) is 4.94. The van der Waals surface area contributed by atoms with Crippen LogP contribution in [0.15, 0.2) is 30.3 Å². The van der Waals surface area contributed by atoms with Gasteiger partial charge >= 0.3 is 0 Å². The first kappa shape index (κ1) is 12.0. The van der Waals surface area contributed by atoms with Crippen LogP contribution < -0.4 is 5.32 Å². The number of anilines is 1. The molecule has 104 valence electrons. The van der Waals surface area contributed by atoms with E-state index >= 15 is 0 Å². The topological polar surface area (TPSA) is 29.9 Å². The zero-order valence-corrected chi connectivity index (χ0v) is 12.0. The van der Waals surface area contributed by atoms with Gasteiger partial charge in [-0.25, -0.2) is 4.68 Å². The SMILES string of the molecule is Cc1ccc(C2(c3cc4n(n3)CCCN4)CCC2)cc1. The molecule has 0 radical (unpaired) electrons. The summed E-state index contributed by atoms with van der Waals surface area (Å²) in [6.45, 7) is 4.27. The van der Waals surface area contributed by atoms with Gasteiger partial charge in [-0.2, -0.15) is 5.10 Å². The zero-order valence-electron chi connectivity index (χ0n) is 12.0. The molecule has 1 aliphatic carbocycles. The van der Waals surface area contributed by atoms with Crippen LogP contribution in [-0.2, 0) is 12.0 Å². The van der Waals surface area contributed by atoms with Crippen molar-refractivity contribution in [3.05, 3.63) is 47.2 Å². The van der Waals surface area contributed by atoms with Crippen LogP contribution in [0.4, 0.5) is 5.82 Å². The Labute approximate surface area is 120 Å². The normalized spacial score (nSPS) is 19.9. The third-order valence-corrected chi connectivity index (χ3v) is 4.93. The summed E-state index contributed by atoms with van der Waals surface area (Å²) in [5, 5.41) is 8.36. The fraction of sp³-hybridized carbons (Fsp3) is 0.471. The van der Waals surface area contributed by atoms with E-state index in [1.165, 1.54) is 48.3 Å². The Balaban J connectivity index is 1.77. The van der Waals surface area contributed by atoms with Crippen LogP contribution in [0.5, 0.6) is 0 Å². The van der Waals surface area contributed by atoms with E-state index in [4.69, 9.17) is 5.10 Å². The molecule has 0 bridgehead atoms. The van der Waals surface area contributed by atoms with Crippen LogP contribution in [0.25, 0.3) is 0 Å². The molecule has 2 heterocycles. The number of nitrogens with one attached hydrogen (secondary N) is 1. The highest BCUT2D eigenvalue weighted by Gasteiger charge is 2.42. The standard InChI is InChI=1S/C17H21N3/c1-13-4-6-14(7-5-13)17(8-2-9-17)15-12-16-18-10-3-11-20(16)19-15/h4-7,12,18H,2-3,8-11H2,1H3. The molecule has 3 heteroatoms. The maximum Gasteiger partial charge on any atom is 0.124 e. The first-order valence-electron chi connectivity index (χ1n) is 7.67. The van der Waals surface area contributed by atoms with Gasteiger partial charge in [-0.3, -0.25) is 0 Å². The number of nitrogens with zero attached hydrogens (tertiary/aromatic N) is 2. The second-order valence-electron chi connectivity index (χ2n) is 6.22. The first-order valence-corrected chi connectivity index (χ1v) is 7.67. The zero-order chi connectivity index (χ0) is 13.6. The molecule has 3 nitrogen and oxygen atoms in total. The van der Waals surface area contributed by atoms with Crippen molar-refractivity contribution in [2.24, 2.45) is 0 Å². The van der Waals surface area contributed by atoms with Crippen molar-refractivity contribution in [2.75, 3.05) is 11.9 Å². The third-order valence-electron chi connectivity index (χ3n) is 4.93. The molecule has 20 heavy (non-hydrogen) atoms.